The summed E-state index contributed by atoms with van der Waals surface area (Å²) in [6.45, 7) is 4.86. The van der Waals surface area contributed by atoms with Gasteiger partial charge in [0, 0.05) is 12.5 Å². The van der Waals surface area contributed by atoms with Crippen molar-refractivity contribution in [2.24, 2.45) is 5.92 Å². The second-order valence-electron chi connectivity index (χ2n) is 5.85. The third-order valence-corrected chi connectivity index (χ3v) is 4.18. The number of nitrogens with one attached hydrogen (secondary N) is 2. The van der Waals surface area contributed by atoms with E-state index in [1.54, 1.807) is 12.1 Å². The maximum atomic E-state index is 12.0. The van der Waals surface area contributed by atoms with Crippen LogP contribution in [0.4, 0.5) is 11.6 Å². The van der Waals surface area contributed by atoms with Crippen molar-refractivity contribution in [1.29, 1.82) is 0 Å². The van der Waals surface area contributed by atoms with Gasteiger partial charge in [-0.2, -0.15) is 0 Å². The summed E-state index contributed by atoms with van der Waals surface area (Å²) in [7, 11) is 0. The molecular formula is C18H22N4O3. The number of ether oxygens (including phenoxy) is 2. The van der Waals surface area contributed by atoms with Gasteiger partial charge in [-0.1, -0.05) is 19.9 Å². The molecule has 0 fully saturated rings. The highest BCUT2D eigenvalue weighted by Crippen LogP contribution is 2.32. The topological polar surface area (TPSA) is 85.4 Å². The Morgan fingerprint density at radius 3 is 2.52 bits per heavy atom. The minimum Gasteiger partial charge on any atom is -0.454 e. The third kappa shape index (κ3) is 4.17. The maximum absolute atomic E-state index is 12.0. The molecule has 0 unspecified atom stereocenters. The monoisotopic (exact) mass is 342 g/mol. The molecule has 132 valence electrons. The Morgan fingerprint density at radius 1 is 1.08 bits per heavy atom. The molecule has 0 bridgehead atoms. The van der Waals surface area contributed by atoms with E-state index in [1.165, 1.54) is 0 Å². The summed E-state index contributed by atoms with van der Waals surface area (Å²) in [4.78, 5) is 12.0. The predicted molar refractivity (Wildman–Crippen MR) is 94.6 cm³/mol. The van der Waals surface area contributed by atoms with Gasteiger partial charge in [0.2, 0.25) is 12.7 Å². The molecule has 0 spiro atoms. The molecule has 2 N–H and O–H groups in total. The molecule has 1 aliphatic rings. The van der Waals surface area contributed by atoms with Crippen LogP contribution in [-0.2, 0) is 11.3 Å². The Hall–Kier alpha value is -2.83. The van der Waals surface area contributed by atoms with Gasteiger partial charge in [-0.05, 0) is 42.7 Å². The molecule has 3 rings (SSSR count). The number of aromatic nitrogens is 2. The van der Waals surface area contributed by atoms with E-state index in [1.807, 2.05) is 32.0 Å². The van der Waals surface area contributed by atoms with Gasteiger partial charge < -0.3 is 20.1 Å². The summed E-state index contributed by atoms with van der Waals surface area (Å²) in [6, 6.07) is 9.34. The first-order valence-electron chi connectivity index (χ1n) is 8.46. The molecule has 1 aromatic heterocycles. The van der Waals surface area contributed by atoms with Gasteiger partial charge in [0.25, 0.3) is 0 Å². The molecule has 1 aromatic carbocycles. The van der Waals surface area contributed by atoms with Gasteiger partial charge in [0.05, 0.1) is 0 Å². The van der Waals surface area contributed by atoms with Gasteiger partial charge in [-0.3, -0.25) is 4.79 Å². The molecule has 0 aliphatic carbocycles. The number of benzene rings is 1. The number of rotatable bonds is 7. The lowest BCUT2D eigenvalue weighted by Gasteiger charge is -2.12. The van der Waals surface area contributed by atoms with Crippen LogP contribution in [-0.4, -0.2) is 22.9 Å². The standard InChI is InChI=1S/C18H22N4O3/c1-3-13(4-2)18(23)20-17-8-7-16(21-22-17)19-10-12-5-6-14-15(9-12)25-11-24-14/h5-9,13H,3-4,10-11H2,1-2H3,(H,19,21)(H,20,22,23). The largest absolute Gasteiger partial charge is 0.454 e. The van der Waals surface area contributed by atoms with Crippen LogP contribution in [0, 0.1) is 5.92 Å². The summed E-state index contributed by atoms with van der Waals surface area (Å²) in [5.74, 6) is 2.61. The molecule has 25 heavy (non-hydrogen) atoms. The molecule has 0 saturated carbocycles. The van der Waals surface area contributed by atoms with Crippen molar-refractivity contribution in [3.05, 3.63) is 35.9 Å². The van der Waals surface area contributed by atoms with E-state index < -0.39 is 0 Å². The van der Waals surface area contributed by atoms with E-state index in [-0.39, 0.29) is 18.6 Å². The zero-order valence-electron chi connectivity index (χ0n) is 14.4. The lowest BCUT2D eigenvalue weighted by Crippen LogP contribution is -2.22. The lowest BCUT2D eigenvalue weighted by molar-refractivity contribution is -0.120. The van der Waals surface area contributed by atoms with E-state index in [0.29, 0.717) is 18.2 Å². The maximum Gasteiger partial charge on any atom is 0.231 e. The fourth-order valence-electron chi connectivity index (χ4n) is 2.62. The zero-order chi connectivity index (χ0) is 17.6. The van der Waals surface area contributed by atoms with Crippen LogP contribution < -0.4 is 20.1 Å². The molecule has 2 aromatic rings. The smallest absolute Gasteiger partial charge is 0.231 e. The van der Waals surface area contributed by atoms with Crippen molar-refractivity contribution in [3.8, 4) is 11.5 Å². The average Bonchev–Trinajstić information content (AvgIpc) is 3.10. The Labute approximate surface area is 146 Å². The van der Waals surface area contributed by atoms with Crippen LogP contribution in [0.5, 0.6) is 11.5 Å². The summed E-state index contributed by atoms with van der Waals surface area (Å²) < 4.78 is 10.7. The van der Waals surface area contributed by atoms with Gasteiger partial charge in [0.15, 0.2) is 17.3 Å². The number of fused-ring (bicyclic) bond motifs is 1. The van der Waals surface area contributed by atoms with E-state index >= 15 is 0 Å². The van der Waals surface area contributed by atoms with E-state index in [2.05, 4.69) is 20.8 Å². The number of anilines is 2. The van der Waals surface area contributed by atoms with Crippen LogP contribution in [0.3, 0.4) is 0 Å². The van der Waals surface area contributed by atoms with Crippen molar-refractivity contribution in [2.45, 2.75) is 33.2 Å². The van der Waals surface area contributed by atoms with Crippen molar-refractivity contribution in [2.75, 3.05) is 17.4 Å². The van der Waals surface area contributed by atoms with Crippen molar-refractivity contribution < 1.29 is 14.3 Å². The van der Waals surface area contributed by atoms with Gasteiger partial charge in [-0.15, -0.1) is 10.2 Å². The van der Waals surface area contributed by atoms with Crippen LogP contribution in [0.15, 0.2) is 30.3 Å². The van der Waals surface area contributed by atoms with Crippen LogP contribution in [0.2, 0.25) is 0 Å². The first-order valence-corrected chi connectivity index (χ1v) is 8.46. The molecule has 0 atom stereocenters. The normalized spacial score (nSPS) is 12.3. The molecule has 1 amide bonds. The highest BCUT2D eigenvalue weighted by Gasteiger charge is 2.15. The van der Waals surface area contributed by atoms with E-state index in [9.17, 15) is 4.79 Å². The minimum atomic E-state index is -0.0135. The Kier molecular flexibility index (Phi) is 5.33. The quantitative estimate of drug-likeness (QED) is 0.804. The van der Waals surface area contributed by atoms with E-state index in [0.717, 1.165) is 29.9 Å². The van der Waals surface area contributed by atoms with Crippen molar-refractivity contribution >= 4 is 17.5 Å². The highest BCUT2D eigenvalue weighted by molar-refractivity contribution is 5.91. The SMILES string of the molecule is CCC(CC)C(=O)Nc1ccc(NCc2ccc3c(c2)OCO3)nn1. The summed E-state index contributed by atoms with van der Waals surface area (Å²) >= 11 is 0. The summed E-state index contributed by atoms with van der Waals surface area (Å²) in [6.07, 6.45) is 1.62. The van der Waals surface area contributed by atoms with E-state index in [4.69, 9.17) is 9.47 Å². The minimum absolute atomic E-state index is 0.00519. The number of hydrogen-bond acceptors (Lipinski definition) is 6. The summed E-state index contributed by atoms with van der Waals surface area (Å²) in [5.41, 5.74) is 1.05. The third-order valence-electron chi connectivity index (χ3n) is 4.18. The fourth-order valence-corrected chi connectivity index (χ4v) is 2.62. The Balaban J connectivity index is 1.55. The first-order chi connectivity index (χ1) is 12.2. The Morgan fingerprint density at radius 2 is 1.80 bits per heavy atom. The van der Waals surface area contributed by atoms with Gasteiger partial charge in [0.1, 0.15) is 5.82 Å². The molecule has 7 nitrogen and oxygen atoms in total. The molecule has 0 saturated heterocycles. The Bertz CT molecular complexity index is 730. The number of carbonyl (C=O) groups is 1. The fraction of sp³-hybridized carbons (Fsp3) is 0.389. The van der Waals surface area contributed by atoms with Crippen LogP contribution in [0.1, 0.15) is 32.3 Å². The van der Waals surface area contributed by atoms with Gasteiger partial charge >= 0.3 is 0 Å². The first kappa shape index (κ1) is 17.0. The lowest BCUT2D eigenvalue weighted by atomic mass is 10.0. The van der Waals surface area contributed by atoms with Gasteiger partial charge in [-0.25, -0.2) is 0 Å². The number of carbonyl (C=O) groups excluding carboxylic acids is 1. The molecular weight excluding hydrogens is 320 g/mol. The summed E-state index contributed by atoms with van der Waals surface area (Å²) in [5, 5.41) is 14.1. The average molecular weight is 342 g/mol. The number of amides is 1. The predicted octanol–water partition coefficient (Wildman–Crippen LogP) is 3.19. The second kappa shape index (κ2) is 7.83. The number of hydrogen-bond donors (Lipinski definition) is 2. The molecule has 1 aliphatic heterocycles. The van der Waals surface area contributed by atoms with Crippen LogP contribution >= 0.6 is 0 Å². The van der Waals surface area contributed by atoms with Crippen LogP contribution in [0.25, 0.3) is 0 Å². The molecule has 7 heteroatoms. The highest BCUT2D eigenvalue weighted by atomic mass is 16.7. The van der Waals surface area contributed by atoms with Crippen molar-refractivity contribution in [3.63, 3.8) is 0 Å². The molecule has 0 radical (unpaired) electrons. The second-order valence-corrected chi connectivity index (χ2v) is 5.85. The number of nitrogens with zero attached hydrogens (tertiary/aromatic N) is 2. The van der Waals surface area contributed by atoms with Crippen molar-refractivity contribution in [1.82, 2.24) is 10.2 Å². The zero-order valence-corrected chi connectivity index (χ0v) is 14.4. The molecule has 2 heterocycles.